The van der Waals surface area contributed by atoms with E-state index in [0.29, 0.717) is 12.2 Å². The molecule has 0 fully saturated rings. The molecule has 0 saturated carbocycles. The van der Waals surface area contributed by atoms with Crippen molar-refractivity contribution in [2.45, 2.75) is 6.54 Å². The Kier molecular flexibility index (Phi) is 4.42. The SMILES string of the molecule is COc1ccccc1CNC(=O)c1cc2c(OC)cccc2n1C. The molecule has 3 rings (SSSR count). The normalized spacial score (nSPS) is 10.6. The molecule has 0 spiro atoms. The van der Waals surface area contributed by atoms with Gasteiger partial charge in [-0.15, -0.1) is 0 Å². The number of hydrogen-bond donors (Lipinski definition) is 1. The molecular weight excluding hydrogens is 304 g/mol. The topological polar surface area (TPSA) is 52.5 Å². The van der Waals surface area contributed by atoms with E-state index in [1.54, 1.807) is 14.2 Å². The number of methoxy groups -OCH3 is 2. The van der Waals surface area contributed by atoms with E-state index < -0.39 is 0 Å². The predicted molar refractivity (Wildman–Crippen MR) is 93.6 cm³/mol. The van der Waals surface area contributed by atoms with Crippen molar-refractivity contribution in [3.63, 3.8) is 0 Å². The summed E-state index contributed by atoms with van der Waals surface area (Å²) in [6.45, 7) is 0.404. The molecule has 5 nitrogen and oxygen atoms in total. The van der Waals surface area contributed by atoms with Gasteiger partial charge in [0.1, 0.15) is 17.2 Å². The molecule has 0 bridgehead atoms. The van der Waals surface area contributed by atoms with Crippen LogP contribution in [0.4, 0.5) is 0 Å². The molecule has 3 aromatic rings. The summed E-state index contributed by atoms with van der Waals surface area (Å²) in [5, 5.41) is 3.87. The average molecular weight is 324 g/mol. The molecule has 124 valence electrons. The van der Waals surface area contributed by atoms with Gasteiger partial charge in [0.15, 0.2) is 0 Å². The second-order valence-corrected chi connectivity index (χ2v) is 5.48. The number of nitrogens with one attached hydrogen (secondary N) is 1. The van der Waals surface area contributed by atoms with Gasteiger partial charge >= 0.3 is 0 Å². The van der Waals surface area contributed by atoms with Crippen molar-refractivity contribution in [2.24, 2.45) is 7.05 Å². The van der Waals surface area contributed by atoms with Gasteiger partial charge < -0.3 is 19.4 Å². The fourth-order valence-electron chi connectivity index (χ4n) is 2.84. The summed E-state index contributed by atoms with van der Waals surface area (Å²) < 4.78 is 12.6. The van der Waals surface area contributed by atoms with Gasteiger partial charge in [-0.25, -0.2) is 0 Å². The quantitative estimate of drug-likeness (QED) is 0.784. The molecule has 0 aliphatic carbocycles. The zero-order chi connectivity index (χ0) is 17.1. The molecule has 2 aromatic carbocycles. The average Bonchev–Trinajstić information content (AvgIpc) is 2.97. The number of hydrogen-bond acceptors (Lipinski definition) is 3. The fourth-order valence-corrected chi connectivity index (χ4v) is 2.84. The highest BCUT2D eigenvalue weighted by molar-refractivity contribution is 6.00. The molecule has 0 radical (unpaired) electrons. The minimum atomic E-state index is -0.137. The number of fused-ring (bicyclic) bond motifs is 1. The molecule has 1 aromatic heterocycles. The molecule has 0 atom stereocenters. The molecule has 1 heterocycles. The standard InChI is InChI=1S/C19H20N2O3/c1-21-15-8-6-10-18(24-3)14(15)11-16(21)19(22)20-12-13-7-4-5-9-17(13)23-2/h4-11H,12H2,1-3H3,(H,20,22). The van der Waals surface area contributed by atoms with Crippen LogP contribution in [0.2, 0.25) is 0 Å². The van der Waals surface area contributed by atoms with Gasteiger partial charge in [-0.1, -0.05) is 24.3 Å². The van der Waals surface area contributed by atoms with E-state index in [-0.39, 0.29) is 5.91 Å². The number of aromatic nitrogens is 1. The van der Waals surface area contributed by atoms with Gasteiger partial charge in [-0.05, 0) is 24.3 Å². The van der Waals surface area contributed by atoms with Gasteiger partial charge in [-0.2, -0.15) is 0 Å². The van der Waals surface area contributed by atoms with E-state index >= 15 is 0 Å². The van der Waals surface area contributed by atoms with Crippen molar-refractivity contribution in [1.29, 1.82) is 0 Å². The lowest BCUT2D eigenvalue weighted by Gasteiger charge is -2.10. The van der Waals surface area contributed by atoms with E-state index in [2.05, 4.69) is 5.32 Å². The highest BCUT2D eigenvalue weighted by atomic mass is 16.5. The lowest BCUT2D eigenvalue weighted by molar-refractivity contribution is 0.0943. The maximum atomic E-state index is 12.6. The second kappa shape index (κ2) is 6.66. The van der Waals surface area contributed by atoms with Crippen LogP contribution in [-0.2, 0) is 13.6 Å². The molecular formula is C19H20N2O3. The van der Waals surface area contributed by atoms with E-state index in [0.717, 1.165) is 28.0 Å². The third-order valence-electron chi connectivity index (χ3n) is 4.13. The summed E-state index contributed by atoms with van der Waals surface area (Å²) in [6.07, 6.45) is 0. The summed E-state index contributed by atoms with van der Waals surface area (Å²) in [6, 6.07) is 15.3. The number of para-hydroxylation sites is 1. The molecule has 1 amide bonds. The van der Waals surface area contributed by atoms with Crippen molar-refractivity contribution in [3.8, 4) is 11.5 Å². The maximum Gasteiger partial charge on any atom is 0.268 e. The van der Waals surface area contributed by atoms with Crippen molar-refractivity contribution >= 4 is 16.8 Å². The van der Waals surface area contributed by atoms with Gasteiger partial charge in [0.25, 0.3) is 5.91 Å². The van der Waals surface area contributed by atoms with Gasteiger partial charge in [0, 0.05) is 24.5 Å². The zero-order valence-electron chi connectivity index (χ0n) is 14.0. The number of rotatable bonds is 5. The summed E-state index contributed by atoms with van der Waals surface area (Å²) in [5.74, 6) is 1.38. The lowest BCUT2D eigenvalue weighted by atomic mass is 10.2. The van der Waals surface area contributed by atoms with Crippen molar-refractivity contribution in [1.82, 2.24) is 9.88 Å². The zero-order valence-corrected chi connectivity index (χ0v) is 14.0. The van der Waals surface area contributed by atoms with Crippen LogP contribution in [0.15, 0.2) is 48.5 Å². The molecule has 0 aliphatic rings. The summed E-state index contributed by atoms with van der Waals surface area (Å²) >= 11 is 0. The minimum Gasteiger partial charge on any atom is -0.496 e. The van der Waals surface area contributed by atoms with Crippen LogP contribution in [0.1, 0.15) is 16.1 Å². The number of ether oxygens (including phenoxy) is 2. The Morgan fingerprint density at radius 2 is 1.75 bits per heavy atom. The Morgan fingerprint density at radius 3 is 2.50 bits per heavy atom. The highest BCUT2D eigenvalue weighted by Crippen LogP contribution is 2.28. The predicted octanol–water partition coefficient (Wildman–Crippen LogP) is 3.13. The lowest BCUT2D eigenvalue weighted by Crippen LogP contribution is -2.25. The summed E-state index contributed by atoms with van der Waals surface area (Å²) in [4.78, 5) is 12.6. The van der Waals surface area contributed by atoms with Crippen molar-refractivity contribution in [2.75, 3.05) is 14.2 Å². The minimum absolute atomic E-state index is 0.137. The largest absolute Gasteiger partial charge is 0.496 e. The first-order valence-corrected chi connectivity index (χ1v) is 7.68. The van der Waals surface area contributed by atoms with E-state index in [4.69, 9.17) is 9.47 Å². The molecule has 5 heteroatoms. The first-order chi connectivity index (χ1) is 11.7. The van der Waals surface area contributed by atoms with Crippen LogP contribution >= 0.6 is 0 Å². The van der Waals surface area contributed by atoms with Gasteiger partial charge in [-0.3, -0.25) is 4.79 Å². The third kappa shape index (κ3) is 2.80. The number of amides is 1. The van der Waals surface area contributed by atoms with Gasteiger partial charge in [0.05, 0.1) is 19.7 Å². The maximum absolute atomic E-state index is 12.6. The Balaban J connectivity index is 1.85. The molecule has 24 heavy (non-hydrogen) atoms. The monoisotopic (exact) mass is 324 g/mol. The van der Waals surface area contributed by atoms with Gasteiger partial charge in [0.2, 0.25) is 0 Å². The number of carbonyl (C=O) groups is 1. The second-order valence-electron chi connectivity index (χ2n) is 5.48. The summed E-state index contributed by atoms with van der Waals surface area (Å²) in [5.41, 5.74) is 2.48. The van der Waals surface area contributed by atoms with E-state index in [1.807, 2.05) is 60.1 Å². The Labute approximate surface area is 140 Å². The Bertz CT molecular complexity index is 883. The van der Waals surface area contributed by atoms with Crippen LogP contribution in [0.3, 0.4) is 0 Å². The van der Waals surface area contributed by atoms with Crippen LogP contribution in [0.25, 0.3) is 10.9 Å². The van der Waals surface area contributed by atoms with Crippen LogP contribution in [-0.4, -0.2) is 24.7 Å². The Hall–Kier alpha value is -2.95. The number of aryl methyl sites for hydroxylation is 1. The van der Waals surface area contributed by atoms with E-state index in [1.165, 1.54) is 0 Å². The smallest absolute Gasteiger partial charge is 0.268 e. The van der Waals surface area contributed by atoms with Crippen LogP contribution in [0, 0.1) is 0 Å². The number of carbonyl (C=O) groups excluding carboxylic acids is 1. The molecule has 0 saturated heterocycles. The van der Waals surface area contributed by atoms with Crippen LogP contribution < -0.4 is 14.8 Å². The highest BCUT2D eigenvalue weighted by Gasteiger charge is 2.15. The Morgan fingerprint density at radius 1 is 1.04 bits per heavy atom. The number of benzene rings is 2. The first kappa shape index (κ1) is 15.9. The van der Waals surface area contributed by atoms with E-state index in [9.17, 15) is 4.79 Å². The molecule has 1 N–H and O–H groups in total. The molecule has 0 unspecified atom stereocenters. The summed E-state index contributed by atoms with van der Waals surface area (Å²) in [7, 11) is 5.12. The fraction of sp³-hybridized carbons (Fsp3) is 0.211. The number of nitrogens with zero attached hydrogens (tertiary/aromatic N) is 1. The molecule has 0 aliphatic heterocycles. The first-order valence-electron chi connectivity index (χ1n) is 7.68. The third-order valence-corrected chi connectivity index (χ3v) is 4.13. The van der Waals surface area contributed by atoms with Crippen molar-refractivity contribution in [3.05, 3.63) is 59.8 Å². The van der Waals surface area contributed by atoms with Crippen LogP contribution in [0.5, 0.6) is 11.5 Å². The van der Waals surface area contributed by atoms with Crippen molar-refractivity contribution < 1.29 is 14.3 Å².